The highest BCUT2D eigenvalue weighted by Gasteiger charge is 2.43. The Kier molecular flexibility index (Phi) is 6.58. The summed E-state index contributed by atoms with van der Waals surface area (Å²) in [6.07, 6.45) is 0. The Balaban J connectivity index is 1.67. The molecule has 1 saturated heterocycles. The minimum absolute atomic E-state index is 0.117. The molecule has 1 fully saturated rings. The van der Waals surface area contributed by atoms with Crippen molar-refractivity contribution in [3.63, 3.8) is 0 Å². The minimum atomic E-state index is -0.664. The molecule has 4 rings (SSSR count). The van der Waals surface area contributed by atoms with Crippen LogP contribution in [-0.2, 0) is 9.53 Å². The molecule has 1 amide bonds. The molecule has 2 aliphatic rings. The third kappa shape index (κ3) is 4.40. The molecule has 1 atom stereocenters. The van der Waals surface area contributed by atoms with Crippen LogP contribution in [0.15, 0.2) is 59.9 Å². The normalized spacial score (nSPS) is 19.5. The maximum absolute atomic E-state index is 13.4. The number of carbonyl (C=O) groups excluding carboxylic acids is 2. The third-order valence-corrected chi connectivity index (χ3v) is 6.05. The zero-order valence-electron chi connectivity index (χ0n) is 18.4. The predicted molar refractivity (Wildman–Crippen MR) is 120 cm³/mol. The summed E-state index contributed by atoms with van der Waals surface area (Å²) in [5.41, 5.74) is 2.34. The van der Waals surface area contributed by atoms with Gasteiger partial charge in [0.2, 0.25) is 0 Å². The van der Waals surface area contributed by atoms with Crippen molar-refractivity contribution in [2.24, 2.45) is 0 Å². The van der Waals surface area contributed by atoms with Crippen LogP contribution in [0.5, 0.6) is 5.75 Å². The topological polar surface area (TPSA) is 79.3 Å². The van der Waals surface area contributed by atoms with E-state index in [-0.39, 0.29) is 11.4 Å². The van der Waals surface area contributed by atoms with Gasteiger partial charge in [-0.05, 0) is 24.6 Å². The first-order valence-corrected chi connectivity index (χ1v) is 10.8. The number of aryl methyl sites for hydroxylation is 1. The highest BCUT2D eigenvalue weighted by atomic mass is 16.5. The fraction of sp³-hybridized carbons (Fsp3) is 0.360. The second-order valence-corrected chi connectivity index (χ2v) is 8.09. The van der Waals surface area contributed by atoms with Crippen LogP contribution in [0.25, 0.3) is 0 Å². The van der Waals surface area contributed by atoms with E-state index in [9.17, 15) is 14.7 Å². The Morgan fingerprint density at radius 2 is 1.72 bits per heavy atom. The van der Waals surface area contributed by atoms with Crippen LogP contribution >= 0.6 is 0 Å². The van der Waals surface area contributed by atoms with Crippen LogP contribution in [0.3, 0.4) is 0 Å². The maximum Gasteiger partial charge on any atom is 0.290 e. The number of aliphatic hydroxyl groups is 1. The van der Waals surface area contributed by atoms with Gasteiger partial charge in [-0.25, -0.2) is 0 Å². The molecule has 2 aromatic carbocycles. The van der Waals surface area contributed by atoms with Gasteiger partial charge >= 0.3 is 0 Å². The molecule has 7 heteroatoms. The van der Waals surface area contributed by atoms with E-state index in [0.717, 1.165) is 24.2 Å². The molecule has 2 heterocycles. The van der Waals surface area contributed by atoms with E-state index in [0.29, 0.717) is 37.6 Å². The van der Waals surface area contributed by atoms with Crippen LogP contribution in [0.1, 0.15) is 27.5 Å². The zero-order chi connectivity index (χ0) is 22.7. The summed E-state index contributed by atoms with van der Waals surface area (Å²) in [6, 6.07) is 13.7. The second-order valence-electron chi connectivity index (χ2n) is 8.09. The molecule has 1 N–H and O–H groups in total. The number of aliphatic hydroxyl groups excluding tert-OH is 1. The van der Waals surface area contributed by atoms with Gasteiger partial charge in [0.1, 0.15) is 5.75 Å². The van der Waals surface area contributed by atoms with Gasteiger partial charge in [-0.15, -0.1) is 0 Å². The average Bonchev–Trinajstić information content (AvgIpc) is 3.08. The molecule has 1 unspecified atom stereocenters. The number of nitrogens with zero attached hydrogens (tertiary/aromatic N) is 2. The summed E-state index contributed by atoms with van der Waals surface area (Å²) in [7, 11) is 1.58. The van der Waals surface area contributed by atoms with E-state index in [2.05, 4.69) is 4.90 Å². The van der Waals surface area contributed by atoms with Crippen LogP contribution < -0.4 is 4.74 Å². The van der Waals surface area contributed by atoms with E-state index >= 15 is 0 Å². The molecule has 0 aliphatic carbocycles. The van der Waals surface area contributed by atoms with Crippen molar-refractivity contribution in [2.75, 3.05) is 46.5 Å². The third-order valence-electron chi connectivity index (χ3n) is 6.05. The number of ketones is 1. The average molecular weight is 437 g/mol. The zero-order valence-corrected chi connectivity index (χ0v) is 18.4. The SMILES string of the molecule is COc1ccc(C2C(C(=O)c3ccc(C)cc3)=C(O)C(=O)N2CCN2CCOCC2)cc1. The standard InChI is InChI=1S/C25H28N2O5/c1-17-3-5-19(6-4-17)23(28)21-22(18-7-9-20(31-2)10-8-18)27(25(30)24(21)29)12-11-26-13-15-32-16-14-26/h3-10,22,29H,11-16H2,1-2H3. The van der Waals surface area contributed by atoms with E-state index in [1.807, 2.05) is 31.2 Å². The van der Waals surface area contributed by atoms with Gasteiger partial charge in [-0.1, -0.05) is 42.0 Å². The van der Waals surface area contributed by atoms with Crippen molar-refractivity contribution < 1.29 is 24.2 Å². The number of morpholine rings is 1. The van der Waals surface area contributed by atoms with Crippen LogP contribution in [-0.4, -0.2) is 73.1 Å². The number of carbonyl (C=O) groups is 2. The number of hydrogen-bond donors (Lipinski definition) is 1. The van der Waals surface area contributed by atoms with Crippen molar-refractivity contribution in [2.45, 2.75) is 13.0 Å². The Morgan fingerprint density at radius 1 is 1.06 bits per heavy atom. The predicted octanol–water partition coefficient (Wildman–Crippen LogP) is 2.91. The van der Waals surface area contributed by atoms with Crippen molar-refractivity contribution in [1.29, 1.82) is 0 Å². The number of Topliss-reactive ketones (excluding diaryl/α,β-unsaturated/α-hetero) is 1. The quantitative estimate of drug-likeness (QED) is 0.673. The van der Waals surface area contributed by atoms with Gasteiger partial charge in [0.25, 0.3) is 5.91 Å². The van der Waals surface area contributed by atoms with Crippen molar-refractivity contribution in [3.8, 4) is 5.75 Å². The van der Waals surface area contributed by atoms with Gasteiger partial charge < -0.3 is 19.5 Å². The molecule has 2 aliphatic heterocycles. The van der Waals surface area contributed by atoms with Crippen molar-refractivity contribution >= 4 is 11.7 Å². The van der Waals surface area contributed by atoms with E-state index in [1.54, 1.807) is 36.3 Å². The molecule has 168 valence electrons. The molecule has 0 bridgehead atoms. The molecule has 0 saturated carbocycles. The van der Waals surface area contributed by atoms with Gasteiger partial charge in [0, 0.05) is 31.7 Å². The summed E-state index contributed by atoms with van der Waals surface area (Å²) in [5, 5.41) is 10.8. The van der Waals surface area contributed by atoms with E-state index in [1.165, 1.54) is 0 Å². The van der Waals surface area contributed by atoms with E-state index < -0.39 is 17.7 Å². The van der Waals surface area contributed by atoms with Crippen LogP contribution in [0, 0.1) is 6.92 Å². The molecular formula is C25H28N2O5. The summed E-state index contributed by atoms with van der Waals surface area (Å²) in [6.45, 7) is 5.89. The Labute approximate surface area is 187 Å². The highest BCUT2D eigenvalue weighted by Crippen LogP contribution is 2.39. The number of benzene rings is 2. The lowest BCUT2D eigenvalue weighted by molar-refractivity contribution is -0.129. The summed E-state index contributed by atoms with van der Waals surface area (Å²) in [5.74, 6) is -0.656. The van der Waals surface area contributed by atoms with Gasteiger partial charge in [0.05, 0.1) is 31.9 Å². The first-order chi connectivity index (χ1) is 15.5. The number of hydrogen-bond acceptors (Lipinski definition) is 6. The Morgan fingerprint density at radius 3 is 2.34 bits per heavy atom. The number of amides is 1. The van der Waals surface area contributed by atoms with Crippen molar-refractivity contribution in [1.82, 2.24) is 9.80 Å². The summed E-state index contributed by atoms with van der Waals surface area (Å²) >= 11 is 0. The molecule has 0 radical (unpaired) electrons. The number of ether oxygens (including phenoxy) is 2. The highest BCUT2D eigenvalue weighted by molar-refractivity contribution is 6.16. The summed E-state index contributed by atoms with van der Waals surface area (Å²) in [4.78, 5) is 30.3. The van der Waals surface area contributed by atoms with E-state index in [4.69, 9.17) is 9.47 Å². The fourth-order valence-corrected chi connectivity index (χ4v) is 4.18. The Bertz CT molecular complexity index is 1010. The monoisotopic (exact) mass is 436 g/mol. The lowest BCUT2D eigenvalue weighted by atomic mass is 9.92. The number of rotatable bonds is 7. The fourth-order valence-electron chi connectivity index (χ4n) is 4.18. The molecule has 0 spiro atoms. The smallest absolute Gasteiger partial charge is 0.290 e. The van der Waals surface area contributed by atoms with Gasteiger partial charge in [0.15, 0.2) is 11.5 Å². The van der Waals surface area contributed by atoms with Crippen LogP contribution in [0.2, 0.25) is 0 Å². The maximum atomic E-state index is 13.4. The minimum Gasteiger partial charge on any atom is -0.503 e. The largest absolute Gasteiger partial charge is 0.503 e. The summed E-state index contributed by atoms with van der Waals surface area (Å²) < 4.78 is 10.7. The lowest BCUT2D eigenvalue weighted by Gasteiger charge is -2.31. The van der Waals surface area contributed by atoms with Gasteiger partial charge in [-0.3, -0.25) is 14.5 Å². The molecule has 7 nitrogen and oxygen atoms in total. The number of methoxy groups -OCH3 is 1. The second kappa shape index (κ2) is 9.54. The Hall–Kier alpha value is -3.16. The molecule has 2 aromatic rings. The lowest BCUT2D eigenvalue weighted by Crippen LogP contribution is -2.43. The molecular weight excluding hydrogens is 408 g/mol. The van der Waals surface area contributed by atoms with Gasteiger partial charge in [-0.2, -0.15) is 0 Å². The van der Waals surface area contributed by atoms with Crippen LogP contribution in [0.4, 0.5) is 0 Å². The first-order valence-electron chi connectivity index (χ1n) is 10.8. The van der Waals surface area contributed by atoms with Crippen molar-refractivity contribution in [3.05, 3.63) is 76.6 Å². The molecule has 0 aromatic heterocycles. The first kappa shape index (κ1) is 22.0. The molecule has 32 heavy (non-hydrogen) atoms.